The lowest BCUT2D eigenvalue weighted by atomic mass is 10.2. The van der Waals surface area contributed by atoms with Gasteiger partial charge < -0.3 is 10.5 Å². The zero-order chi connectivity index (χ0) is 11.1. The summed E-state index contributed by atoms with van der Waals surface area (Å²) in [6, 6.07) is 3.29. The molecule has 5 heteroatoms. The fourth-order valence-corrected chi connectivity index (χ4v) is 1.23. The van der Waals surface area contributed by atoms with Crippen molar-refractivity contribution in [2.24, 2.45) is 0 Å². The van der Waals surface area contributed by atoms with Crippen molar-refractivity contribution in [2.75, 3.05) is 5.73 Å². The Hall–Kier alpha value is -1.39. The van der Waals surface area contributed by atoms with E-state index in [9.17, 15) is 13.2 Å². The third-order valence-corrected chi connectivity index (χ3v) is 2.08. The molecule has 0 aromatic heterocycles. The second-order valence-corrected chi connectivity index (χ2v) is 3.61. The fraction of sp³-hybridized carbons (Fsp3) is 0.400. The normalized spacial score (nSPS) is 16.5. The van der Waals surface area contributed by atoms with E-state index in [0.29, 0.717) is 0 Å². The van der Waals surface area contributed by atoms with Crippen molar-refractivity contribution in [3.05, 3.63) is 23.8 Å². The maximum Gasteiger partial charge on any atom is 0.416 e. The molecule has 1 aliphatic rings. The molecule has 2 N–H and O–H groups in total. The first-order valence-corrected chi connectivity index (χ1v) is 4.59. The minimum atomic E-state index is -4.38. The lowest BCUT2D eigenvalue weighted by Gasteiger charge is -2.11. The molecule has 0 amide bonds. The Bertz CT molecular complexity index is 371. The number of alkyl halides is 3. The second-order valence-electron chi connectivity index (χ2n) is 3.61. The van der Waals surface area contributed by atoms with Crippen LogP contribution in [0.25, 0.3) is 0 Å². The Morgan fingerprint density at radius 1 is 1.20 bits per heavy atom. The predicted octanol–water partition coefficient (Wildman–Crippen LogP) is 2.83. The standard InChI is InChI=1S/C10H10F3NO/c11-10(12,13)6-3-7(14)5-9(4-6)15-8-1-2-8/h3-5,8H,1-2,14H2. The lowest BCUT2D eigenvalue weighted by molar-refractivity contribution is -0.137. The molecule has 0 saturated heterocycles. The molecule has 1 fully saturated rings. The first-order valence-electron chi connectivity index (χ1n) is 4.59. The highest BCUT2D eigenvalue weighted by molar-refractivity contribution is 5.48. The molecular formula is C10H10F3NO. The molecule has 0 radical (unpaired) electrons. The van der Waals surface area contributed by atoms with Gasteiger partial charge in [0.1, 0.15) is 5.75 Å². The Balaban J connectivity index is 2.27. The molecule has 1 aromatic carbocycles. The molecule has 1 saturated carbocycles. The number of ether oxygens (including phenoxy) is 1. The minimum Gasteiger partial charge on any atom is -0.490 e. The lowest BCUT2D eigenvalue weighted by Crippen LogP contribution is -2.07. The van der Waals surface area contributed by atoms with Gasteiger partial charge in [0.15, 0.2) is 0 Å². The summed E-state index contributed by atoms with van der Waals surface area (Å²) in [5.41, 5.74) is 4.68. The largest absolute Gasteiger partial charge is 0.490 e. The number of halogens is 3. The van der Waals surface area contributed by atoms with Gasteiger partial charge in [-0.3, -0.25) is 0 Å². The van der Waals surface area contributed by atoms with Gasteiger partial charge in [-0.05, 0) is 25.0 Å². The molecule has 0 spiro atoms. The van der Waals surface area contributed by atoms with Crippen LogP contribution in [-0.2, 0) is 6.18 Å². The smallest absolute Gasteiger partial charge is 0.416 e. The van der Waals surface area contributed by atoms with Crippen molar-refractivity contribution in [3.8, 4) is 5.75 Å². The molecule has 15 heavy (non-hydrogen) atoms. The number of anilines is 1. The molecule has 0 bridgehead atoms. The monoisotopic (exact) mass is 217 g/mol. The van der Waals surface area contributed by atoms with Crippen LogP contribution in [-0.4, -0.2) is 6.10 Å². The maximum absolute atomic E-state index is 12.4. The van der Waals surface area contributed by atoms with Crippen LogP contribution in [0.1, 0.15) is 18.4 Å². The molecule has 0 heterocycles. The van der Waals surface area contributed by atoms with E-state index in [1.165, 1.54) is 6.07 Å². The van der Waals surface area contributed by atoms with Crippen molar-refractivity contribution in [1.82, 2.24) is 0 Å². The van der Waals surface area contributed by atoms with Crippen LogP contribution in [0, 0.1) is 0 Å². The second kappa shape index (κ2) is 3.32. The van der Waals surface area contributed by atoms with E-state index in [-0.39, 0.29) is 17.5 Å². The van der Waals surface area contributed by atoms with E-state index >= 15 is 0 Å². The number of nitrogen functional groups attached to an aromatic ring is 1. The van der Waals surface area contributed by atoms with E-state index in [1.807, 2.05) is 0 Å². The quantitative estimate of drug-likeness (QED) is 0.773. The number of rotatable bonds is 2. The van der Waals surface area contributed by atoms with Crippen molar-refractivity contribution in [1.29, 1.82) is 0 Å². The fourth-order valence-electron chi connectivity index (χ4n) is 1.23. The van der Waals surface area contributed by atoms with Gasteiger partial charge in [0, 0.05) is 11.8 Å². The van der Waals surface area contributed by atoms with Crippen molar-refractivity contribution >= 4 is 5.69 Å². The molecule has 1 aromatic rings. The van der Waals surface area contributed by atoms with Gasteiger partial charge in [0.05, 0.1) is 11.7 Å². The number of nitrogens with two attached hydrogens (primary N) is 1. The summed E-state index contributed by atoms with van der Waals surface area (Å²) < 4.78 is 42.4. The van der Waals surface area contributed by atoms with Crippen LogP contribution in [0.2, 0.25) is 0 Å². The minimum absolute atomic E-state index is 0.0629. The Labute approximate surface area is 84.8 Å². The zero-order valence-electron chi connectivity index (χ0n) is 7.84. The van der Waals surface area contributed by atoms with Gasteiger partial charge >= 0.3 is 6.18 Å². The first kappa shape index (κ1) is 10.1. The van der Waals surface area contributed by atoms with E-state index < -0.39 is 11.7 Å². The van der Waals surface area contributed by atoms with Crippen molar-refractivity contribution in [3.63, 3.8) is 0 Å². The summed E-state index contributed by atoms with van der Waals surface area (Å²) in [6.07, 6.45) is -2.52. The average molecular weight is 217 g/mol. The van der Waals surface area contributed by atoms with E-state index in [1.54, 1.807) is 0 Å². The first-order chi connectivity index (χ1) is 6.95. The van der Waals surface area contributed by atoms with Crippen molar-refractivity contribution < 1.29 is 17.9 Å². The third-order valence-electron chi connectivity index (χ3n) is 2.08. The molecule has 2 rings (SSSR count). The topological polar surface area (TPSA) is 35.2 Å². The molecule has 0 unspecified atom stereocenters. The molecule has 0 atom stereocenters. The molecule has 0 aliphatic heterocycles. The van der Waals surface area contributed by atoms with Crippen LogP contribution >= 0.6 is 0 Å². The Morgan fingerprint density at radius 3 is 2.40 bits per heavy atom. The molecule has 82 valence electrons. The van der Waals surface area contributed by atoms with Gasteiger partial charge in [0.25, 0.3) is 0 Å². The SMILES string of the molecule is Nc1cc(OC2CC2)cc(C(F)(F)F)c1. The zero-order valence-corrected chi connectivity index (χ0v) is 7.84. The van der Waals surface area contributed by atoms with Gasteiger partial charge in [-0.2, -0.15) is 13.2 Å². The summed E-state index contributed by atoms with van der Waals surface area (Å²) in [6.45, 7) is 0. The van der Waals surface area contributed by atoms with Crippen LogP contribution in [0.5, 0.6) is 5.75 Å². The van der Waals surface area contributed by atoms with Gasteiger partial charge in [-0.15, -0.1) is 0 Å². The van der Waals surface area contributed by atoms with Crippen LogP contribution < -0.4 is 10.5 Å². The van der Waals surface area contributed by atoms with E-state index in [0.717, 1.165) is 25.0 Å². The Morgan fingerprint density at radius 2 is 1.87 bits per heavy atom. The molecule has 2 nitrogen and oxygen atoms in total. The van der Waals surface area contributed by atoms with E-state index in [2.05, 4.69) is 0 Å². The highest BCUT2D eigenvalue weighted by Crippen LogP contribution is 2.35. The van der Waals surface area contributed by atoms with Crippen LogP contribution in [0.3, 0.4) is 0 Å². The third kappa shape index (κ3) is 2.55. The molecule has 1 aliphatic carbocycles. The molecular weight excluding hydrogens is 207 g/mol. The number of hydrogen-bond acceptors (Lipinski definition) is 2. The number of hydrogen-bond donors (Lipinski definition) is 1. The van der Waals surface area contributed by atoms with Crippen molar-refractivity contribution in [2.45, 2.75) is 25.1 Å². The van der Waals surface area contributed by atoms with Gasteiger partial charge in [-0.25, -0.2) is 0 Å². The summed E-state index contributed by atoms with van der Waals surface area (Å²) in [5, 5.41) is 0. The highest BCUT2D eigenvalue weighted by Gasteiger charge is 2.32. The summed E-state index contributed by atoms with van der Waals surface area (Å²) in [4.78, 5) is 0. The summed E-state index contributed by atoms with van der Waals surface area (Å²) in [5.74, 6) is 0.199. The van der Waals surface area contributed by atoms with Crippen LogP contribution in [0.15, 0.2) is 18.2 Å². The average Bonchev–Trinajstić information content (AvgIpc) is 2.85. The predicted molar refractivity (Wildman–Crippen MR) is 49.5 cm³/mol. The summed E-state index contributed by atoms with van der Waals surface area (Å²) >= 11 is 0. The van der Waals surface area contributed by atoms with Gasteiger partial charge in [-0.1, -0.05) is 0 Å². The summed E-state index contributed by atoms with van der Waals surface area (Å²) in [7, 11) is 0. The highest BCUT2D eigenvalue weighted by atomic mass is 19.4. The number of benzene rings is 1. The van der Waals surface area contributed by atoms with Crippen LogP contribution in [0.4, 0.5) is 18.9 Å². The van der Waals surface area contributed by atoms with E-state index in [4.69, 9.17) is 10.5 Å². The maximum atomic E-state index is 12.4. The van der Waals surface area contributed by atoms with Gasteiger partial charge in [0.2, 0.25) is 0 Å². The Kier molecular flexibility index (Phi) is 2.25.